The largest absolute Gasteiger partial charge is 0.465 e. The van der Waals surface area contributed by atoms with Crippen molar-refractivity contribution in [2.24, 2.45) is 0 Å². The van der Waals surface area contributed by atoms with E-state index in [4.69, 9.17) is 5.11 Å². The second-order valence-electron chi connectivity index (χ2n) is 9.35. The number of pyridine rings is 2. The number of allylic oxidation sites excluding steroid dienone is 2. The van der Waals surface area contributed by atoms with Gasteiger partial charge in [-0.25, -0.2) is 9.18 Å². The van der Waals surface area contributed by atoms with Gasteiger partial charge in [0.25, 0.3) is 5.56 Å². The van der Waals surface area contributed by atoms with Crippen LogP contribution in [0.3, 0.4) is 0 Å². The van der Waals surface area contributed by atoms with E-state index in [1.54, 1.807) is 32.3 Å². The number of H-pyrrole nitrogens is 1. The Morgan fingerprint density at radius 1 is 1.28 bits per heavy atom. The van der Waals surface area contributed by atoms with E-state index in [2.05, 4.69) is 20.6 Å². The molecule has 0 radical (unpaired) electrons. The number of fused-ring (bicyclic) bond motifs is 1. The lowest BCUT2D eigenvalue weighted by molar-refractivity contribution is -0.123. The first-order valence-electron chi connectivity index (χ1n) is 12.1. The second-order valence-corrected chi connectivity index (χ2v) is 9.35. The van der Waals surface area contributed by atoms with Gasteiger partial charge < -0.3 is 30.2 Å². The van der Waals surface area contributed by atoms with Crippen LogP contribution in [0.25, 0.3) is 17.0 Å². The molecule has 0 aliphatic carbocycles. The Morgan fingerprint density at radius 2 is 2.03 bits per heavy atom. The SMILES string of the molecule is CC(C)=Cc1ncc(F)c2cc(Cn3cccc(NC(=O)C(CCC=CC(=O)N(C)C)NC(=O)O)c3=O)[nH]c12. The maximum Gasteiger partial charge on any atom is 0.405 e. The molecule has 1 atom stereocenters. The lowest BCUT2D eigenvalue weighted by atomic mass is 10.1. The molecule has 1 unspecified atom stereocenters. The van der Waals surface area contributed by atoms with Crippen molar-refractivity contribution < 1.29 is 23.9 Å². The molecule has 0 bridgehead atoms. The Morgan fingerprint density at radius 3 is 2.69 bits per heavy atom. The van der Waals surface area contributed by atoms with Crippen LogP contribution in [0.2, 0.25) is 0 Å². The molecule has 3 heterocycles. The molecule has 0 spiro atoms. The number of nitrogens with one attached hydrogen (secondary N) is 3. The molecule has 3 aromatic heterocycles. The first-order chi connectivity index (χ1) is 18.5. The van der Waals surface area contributed by atoms with Crippen molar-refractivity contribution in [1.82, 2.24) is 24.8 Å². The Labute approximate surface area is 224 Å². The summed E-state index contributed by atoms with van der Waals surface area (Å²) in [6.07, 6.45) is 6.28. The third kappa shape index (κ3) is 7.63. The van der Waals surface area contributed by atoms with Crippen molar-refractivity contribution in [3.8, 4) is 0 Å². The van der Waals surface area contributed by atoms with Crippen molar-refractivity contribution >= 4 is 40.6 Å². The Balaban J connectivity index is 1.79. The summed E-state index contributed by atoms with van der Waals surface area (Å²) in [5.74, 6) is -1.46. The maximum absolute atomic E-state index is 14.4. The molecule has 0 saturated heterocycles. The number of amides is 3. The normalized spacial score (nSPS) is 11.8. The number of aromatic nitrogens is 3. The van der Waals surface area contributed by atoms with Gasteiger partial charge in [-0.1, -0.05) is 11.6 Å². The summed E-state index contributed by atoms with van der Waals surface area (Å²) in [7, 11) is 3.19. The Kier molecular flexibility index (Phi) is 9.37. The van der Waals surface area contributed by atoms with Gasteiger partial charge in [-0.15, -0.1) is 0 Å². The van der Waals surface area contributed by atoms with Gasteiger partial charge in [0, 0.05) is 31.4 Å². The van der Waals surface area contributed by atoms with Crippen molar-refractivity contribution in [2.45, 2.75) is 39.3 Å². The van der Waals surface area contributed by atoms with E-state index < -0.39 is 29.4 Å². The number of halogens is 1. The van der Waals surface area contributed by atoms with E-state index >= 15 is 0 Å². The Bertz CT molecular complexity index is 1500. The van der Waals surface area contributed by atoms with Crippen LogP contribution in [0.1, 0.15) is 38.1 Å². The molecule has 3 rings (SSSR count). The summed E-state index contributed by atoms with van der Waals surface area (Å²) < 4.78 is 15.7. The predicted octanol–water partition coefficient (Wildman–Crippen LogP) is 3.33. The third-order valence-electron chi connectivity index (χ3n) is 5.69. The average Bonchev–Trinajstić information content (AvgIpc) is 3.29. The molecule has 0 aliphatic rings. The van der Waals surface area contributed by atoms with Gasteiger partial charge >= 0.3 is 6.09 Å². The van der Waals surface area contributed by atoms with Crippen LogP contribution in [-0.4, -0.2) is 62.6 Å². The smallest absolute Gasteiger partial charge is 0.405 e. The van der Waals surface area contributed by atoms with Gasteiger partial charge in [-0.3, -0.25) is 19.4 Å². The topological polar surface area (TPSA) is 149 Å². The molecule has 0 aliphatic heterocycles. The van der Waals surface area contributed by atoms with Gasteiger partial charge in [0.15, 0.2) is 5.82 Å². The highest BCUT2D eigenvalue weighted by Crippen LogP contribution is 2.23. The van der Waals surface area contributed by atoms with E-state index in [0.717, 1.165) is 11.8 Å². The van der Waals surface area contributed by atoms with Gasteiger partial charge in [0.05, 0.1) is 24.0 Å². The molecule has 3 amide bonds. The third-order valence-corrected chi connectivity index (χ3v) is 5.69. The standard InChI is InChI=1S/C27H31FN6O5/c1-16(2)12-22-24-18(19(28)14-29-22)13-17(30-24)15-34-11-7-9-21(26(34)37)31-25(36)20(32-27(38)39)8-5-6-10-23(35)33(3)4/h6-7,9-14,20,30,32H,5,8,15H2,1-4H3,(H,31,36)(H,38,39). The fraction of sp³-hybridized carbons (Fsp3) is 0.296. The number of hydrogen-bond acceptors (Lipinski definition) is 5. The number of likely N-dealkylation sites (N-methyl/N-ethyl adjacent to an activating group) is 1. The molecular weight excluding hydrogens is 507 g/mol. The zero-order valence-corrected chi connectivity index (χ0v) is 22.1. The summed E-state index contributed by atoms with van der Waals surface area (Å²) in [6.45, 7) is 3.87. The quantitative estimate of drug-likeness (QED) is 0.291. The molecule has 3 aromatic rings. The number of nitrogens with zero attached hydrogens (tertiary/aromatic N) is 3. The van der Waals surface area contributed by atoms with Crippen LogP contribution >= 0.6 is 0 Å². The number of carboxylic acid groups (broad SMARTS) is 1. The summed E-state index contributed by atoms with van der Waals surface area (Å²) in [5.41, 5.74) is 2.04. The monoisotopic (exact) mass is 538 g/mol. The lowest BCUT2D eigenvalue weighted by Crippen LogP contribution is -2.44. The molecular formula is C27H31FN6O5. The fourth-order valence-electron chi connectivity index (χ4n) is 3.80. The minimum Gasteiger partial charge on any atom is -0.465 e. The highest BCUT2D eigenvalue weighted by molar-refractivity contribution is 5.96. The van der Waals surface area contributed by atoms with E-state index in [9.17, 15) is 23.6 Å². The number of carbonyl (C=O) groups excluding carboxylic acids is 2. The number of hydrogen-bond donors (Lipinski definition) is 4. The zero-order valence-electron chi connectivity index (χ0n) is 22.1. The summed E-state index contributed by atoms with van der Waals surface area (Å²) >= 11 is 0. The molecule has 11 nitrogen and oxygen atoms in total. The summed E-state index contributed by atoms with van der Waals surface area (Å²) in [4.78, 5) is 57.5. The van der Waals surface area contributed by atoms with Crippen LogP contribution < -0.4 is 16.2 Å². The highest BCUT2D eigenvalue weighted by atomic mass is 19.1. The van der Waals surface area contributed by atoms with Gasteiger partial charge in [-0.2, -0.15) is 0 Å². The lowest BCUT2D eigenvalue weighted by Gasteiger charge is -2.16. The highest BCUT2D eigenvalue weighted by Gasteiger charge is 2.21. The van der Waals surface area contributed by atoms with Gasteiger partial charge in [0.1, 0.15) is 11.7 Å². The molecule has 12 heteroatoms. The average molecular weight is 539 g/mol. The van der Waals surface area contributed by atoms with Crippen LogP contribution in [0.4, 0.5) is 14.9 Å². The van der Waals surface area contributed by atoms with Crippen LogP contribution in [0.15, 0.2) is 53.1 Å². The van der Waals surface area contributed by atoms with E-state index in [0.29, 0.717) is 22.3 Å². The molecule has 0 aromatic carbocycles. The van der Waals surface area contributed by atoms with E-state index in [1.807, 2.05) is 19.9 Å². The summed E-state index contributed by atoms with van der Waals surface area (Å²) in [6, 6.07) is 3.41. The molecule has 0 fully saturated rings. The van der Waals surface area contributed by atoms with E-state index in [1.165, 1.54) is 27.8 Å². The first-order valence-corrected chi connectivity index (χ1v) is 12.1. The number of anilines is 1. The molecule has 39 heavy (non-hydrogen) atoms. The van der Waals surface area contributed by atoms with Gasteiger partial charge in [-0.05, 0) is 57.0 Å². The Hall–Kier alpha value is -4.74. The number of rotatable bonds is 10. The van der Waals surface area contributed by atoms with Crippen molar-refractivity contribution in [2.75, 3.05) is 19.4 Å². The molecule has 4 N–H and O–H groups in total. The van der Waals surface area contributed by atoms with E-state index in [-0.39, 0.29) is 31.0 Å². The zero-order chi connectivity index (χ0) is 28.7. The minimum atomic E-state index is -1.40. The molecule has 206 valence electrons. The predicted molar refractivity (Wildman–Crippen MR) is 146 cm³/mol. The number of aromatic amines is 1. The number of carbonyl (C=O) groups is 3. The van der Waals surface area contributed by atoms with Crippen LogP contribution in [-0.2, 0) is 16.1 Å². The second kappa shape index (κ2) is 12.7. The van der Waals surface area contributed by atoms with Crippen LogP contribution in [0.5, 0.6) is 0 Å². The molecule has 0 saturated carbocycles. The maximum atomic E-state index is 14.4. The first kappa shape index (κ1) is 28.8. The van der Waals surface area contributed by atoms with Gasteiger partial charge in [0.2, 0.25) is 11.8 Å². The van der Waals surface area contributed by atoms with Crippen LogP contribution in [0, 0.1) is 5.82 Å². The minimum absolute atomic E-state index is 0.0489. The fourth-order valence-corrected chi connectivity index (χ4v) is 3.80. The van der Waals surface area contributed by atoms with Crippen molar-refractivity contribution in [3.63, 3.8) is 0 Å². The van der Waals surface area contributed by atoms with Crippen molar-refractivity contribution in [1.29, 1.82) is 0 Å². The summed E-state index contributed by atoms with van der Waals surface area (Å²) in [5, 5.41) is 14.1. The van der Waals surface area contributed by atoms with Crippen molar-refractivity contribution in [3.05, 3.63) is 75.9 Å².